The van der Waals surface area contributed by atoms with Crippen LogP contribution in [0.5, 0.6) is 5.75 Å². The minimum Gasteiger partial charge on any atom is -0.495 e. The van der Waals surface area contributed by atoms with E-state index in [1.54, 1.807) is 7.11 Å². The summed E-state index contributed by atoms with van der Waals surface area (Å²) < 4.78 is 7.34. The number of halogens is 1. The molecule has 0 spiro atoms. The lowest BCUT2D eigenvalue weighted by Gasteiger charge is -2.15. The first-order valence-electron chi connectivity index (χ1n) is 10.7. The van der Waals surface area contributed by atoms with Gasteiger partial charge in [-0.15, -0.1) is 10.2 Å². The maximum absolute atomic E-state index is 12.8. The van der Waals surface area contributed by atoms with E-state index in [9.17, 15) is 4.79 Å². The van der Waals surface area contributed by atoms with Gasteiger partial charge in [0.2, 0.25) is 5.91 Å². The monoisotopic (exact) mass is 492 g/mol. The number of rotatable bonds is 7. The van der Waals surface area contributed by atoms with Crippen molar-refractivity contribution in [2.24, 2.45) is 0 Å². The number of nitrogens with one attached hydrogen (secondary N) is 1. The molecule has 174 valence electrons. The van der Waals surface area contributed by atoms with Crippen LogP contribution < -0.4 is 10.1 Å². The average molecular weight is 493 g/mol. The molecule has 0 radical (unpaired) electrons. The first kappa shape index (κ1) is 23.9. The van der Waals surface area contributed by atoms with Gasteiger partial charge in [-0.05, 0) is 67.8 Å². The second kappa shape index (κ2) is 10.3. The topological polar surface area (TPSA) is 69.0 Å². The molecule has 34 heavy (non-hydrogen) atoms. The first-order chi connectivity index (χ1) is 16.4. The van der Waals surface area contributed by atoms with Crippen molar-refractivity contribution in [2.75, 3.05) is 18.2 Å². The fraction of sp³-hybridized carbons (Fsp3) is 0.192. The number of benzene rings is 3. The minimum absolute atomic E-state index is 0.155. The Morgan fingerprint density at radius 1 is 1.03 bits per heavy atom. The fourth-order valence-electron chi connectivity index (χ4n) is 3.59. The molecule has 0 aliphatic carbocycles. The Morgan fingerprint density at radius 2 is 1.76 bits per heavy atom. The normalized spacial score (nSPS) is 10.9. The van der Waals surface area contributed by atoms with E-state index in [1.165, 1.54) is 11.8 Å². The van der Waals surface area contributed by atoms with Crippen molar-refractivity contribution in [1.29, 1.82) is 0 Å². The van der Waals surface area contributed by atoms with Gasteiger partial charge in [-0.25, -0.2) is 0 Å². The number of aromatic nitrogens is 3. The number of ether oxygens (including phenoxy) is 1. The molecule has 1 N–H and O–H groups in total. The molecule has 0 bridgehead atoms. The lowest BCUT2D eigenvalue weighted by Crippen LogP contribution is -2.15. The van der Waals surface area contributed by atoms with Crippen molar-refractivity contribution in [3.8, 4) is 22.8 Å². The van der Waals surface area contributed by atoms with E-state index in [4.69, 9.17) is 16.3 Å². The lowest BCUT2D eigenvalue weighted by molar-refractivity contribution is -0.113. The molecule has 0 unspecified atom stereocenters. The van der Waals surface area contributed by atoms with Gasteiger partial charge in [-0.3, -0.25) is 9.36 Å². The molecule has 0 saturated carbocycles. The van der Waals surface area contributed by atoms with Crippen molar-refractivity contribution < 1.29 is 9.53 Å². The van der Waals surface area contributed by atoms with Crippen molar-refractivity contribution in [3.63, 3.8) is 0 Å². The molecule has 0 saturated heterocycles. The molecule has 0 aliphatic rings. The summed E-state index contributed by atoms with van der Waals surface area (Å²) in [7, 11) is 1.58. The Kier molecular flexibility index (Phi) is 7.24. The van der Waals surface area contributed by atoms with Crippen LogP contribution in [0, 0.1) is 20.8 Å². The third-order valence-electron chi connectivity index (χ3n) is 5.32. The molecular weight excluding hydrogens is 468 g/mol. The van der Waals surface area contributed by atoms with Crippen LogP contribution in [-0.2, 0) is 4.79 Å². The summed E-state index contributed by atoms with van der Waals surface area (Å²) >= 11 is 7.81. The smallest absolute Gasteiger partial charge is 0.234 e. The highest BCUT2D eigenvalue weighted by Gasteiger charge is 2.20. The number of anilines is 1. The highest BCUT2D eigenvalue weighted by molar-refractivity contribution is 7.99. The van der Waals surface area contributed by atoms with E-state index in [2.05, 4.69) is 33.7 Å². The fourth-order valence-corrected chi connectivity index (χ4v) is 4.56. The number of methoxy groups -OCH3 is 1. The predicted octanol–water partition coefficient (Wildman–Crippen LogP) is 6.25. The molecule has 1 heterocycles. The summed E-state index contributed by atoms with van der Waals surface area (Å²) in [6.07, 6.45) is 0. The van der Waals surface area contributed by atoms with E-state index in [0.717, 1.165) is 27.9 Å². The molecule has 1 amide bonds. The van der Waals surface area contributed by atoms with Gasteiger partial charge < -0.3 is 10.1 Å². The summed E-state index contributed by atoms with van der Waals surface area (Å²) in [5.74, 6) is 1.23. The number of hydrogen-bond acceptors (Lipinski definition) is 5. The Bertz CT molecular complexity index is 1350. The number of carbonyl (C=O) groups is 1. The zero-order chi connectivity index (χ0) is 24.2. The Hall–Kier alpha value is -3.29. The maximum atomic E-state index is 12.8. The summed E-state index contributed by atoms with van der Waals surface area (Å²) in [5.41, 5.74) is 5.57. The van der Waals surface area contributed by atoms with Crippen molar-refractivity contribution in [3.05, 3.63) is 82.4 Å². The quantitative estimate of drug-likeness (QED) is 0.309. The van der Waals surface area contributed by atoms with Crippen LogP contribution >= 0.6 is 23.4 Å². The number of hydrogen-bond donors (Lipinski definition) is 1. The zero-order valence-electron chi connectivity index (χ0n) is 19.4. The summed E-state index contributed by atoms with van der Waals surface area (Å²) in [5, 5.41) is 13.0. The molecule has 0 fully saturated rings. The number of nitrogens with zero attached hydrogens (tertiary/aromatic N) is 3. The first-order valence-corrected chi connectivity index (χ1v) is 12.1. The number of aryl methyl sites for hydroxylation is 3. The Balaban J connectivity index is 1.66. The van der Waals surface area contributed by atoms with Crippen molar-refractivity contribution in [2.45, 2.75) is 25.9 Å². The van der Waals surface area contributed by atoms with E-state index in [0.29, 0.717) is 27.4 Å². The Labute approximate surface area is 208 Å². The second-order valence-electron chi connectivity index (χ2n) is 7.95. The number of amides is 1. The maximum Gasteiger partial charge on any atom is 0.234 e. The number of carbonyl (C=O) groups excluding carboxylic acids is 1. The van der Waals surface area contributed by atoms with Gasteiger partial charge in [0.1, 0.15) is 5.75 Å². The number of thioether (sulfide) groups is 1. The highest BCUT2D eigenvalue weighted by Crippen LogP contribution is 2.33. The van der Waals surface area contributed by atoms with Gasteiger partial charge in [0, 0.05) is 5.56 Å². The second-order valence-corrected chi connectivity index (χ2v) is 9.30. The van der Waals surface area contributed by atoms with Gasteiger partial charge >= 0.3 is 0 Å². The van der Waals surface area contributed by atoms with Gasteiger partial charge in [0.15, 0.2) is 11.0 Å². The molecule has 4 rings (SSSR count). The van der Waals surface area contributed by atoms with Crippen LogP contribution in [0.15, 0.2) is 65.8 Å². The minimum atomic E-state index is -0.163. The van der Waals surface area contributed by atoms with Gasteiger partial charge in [-0.2, -0.15) is 0 Å². The SMILES string of the molecule is COc1ccc(C)cc1NC(=O)CSc1nnc(-c2ccccc2Cl)n1-c1cc(C)ccc1C. The van der Waals surface area contributed by atoms with Crippen LogP contribution in [0.25, 0.3) is 17.1 Å². The van der Waals surface area contributed by atoms with Gasteiger partial charge in [-0.1, -0.05) is 53.7 Å². The van der Waals surface area contributed by atoms with Crippen LogP contribution in [0.3, 0.4) is 0 Å². The predicted molar refractivity (Wildman–Crippen MR) is 138 cm³/mol. The van der Waals surface area contributed by atoms with Crippen LogP contribution in [0.1, 0.15) is 16.7 Å². The third kappa shape index (κ3) is 5.11. The summed E-state index contributed by atoms with van der Waals surface area (Å²) in [6, 6.07) is 19.4. The van der Waals surface area contributed by atoms with Crippen LogP contribution in [0.2, 0.25) is 5.02 Å². The van der Waals surface area contributed by atoms with Gasteiger partial charge in [0.05, 0.1) is 29.3 Å². The molecule has 6 nitrogen and oxygen atoms in total. The van der Waals surface area contributed by atoms with E-state index in [-0.39, 0.29) is 11.7 Å². The van der Waals surface area contributed by atoms with Crippen molar-refractivity contribution >= 4 is 35.0 Å². The van der Waals surface area contributed by atoms with Gasteiger partial charge in [0.25, 0.3) is 0 Å². The van der Waals surface area contributed by atoms with Crippen LogP contribution in [-0.4, -0.2) is 33.5 Å². The van der Waals surface area contributed by atoms with E-state index in [1.807, 2.05) is 67.8 Å². The molecule has 0 atom stereocenters. The highest BCUT2D eigenvalue weighted by atomic mass is 35.5. The Morgan fingerprint density at radius 3 is 2.53 bits per heavy atom. The van der Waals surface area contributed by atoms with E-state index >= 15 is 0 Å². The standard InChI is InChI=1S/C26H25ClN4O2S/c1-16-10-12-23(33-4)21(13-16)28-24(32)15-34-26-30-29-25(19-7-5-6-8-20(19)27)31(26)22-14-17(2)9-11-18(22)3/h5-14H,15H2,1-4H3,(H,28,32). The molecule has 1 aromatic heterocycles. The molecule has 4 aromatic rings. The van der Waals surface area contributed by atoms with Crippen molar-refractivity contribution in [1.82, 2.24) is 14.8 Å². The van der Waals surface area contributed by atoms with Crippen LogP contribution in [0.4, 0.5) is 5.69 Å². The summed E-state index contributed by atoms with van der Waals surface area (Å²) in [4.78, 5) is 12.8. The molecule has 3 aromatic carbocycles. The average Bonchev–Trinajstić information content (AvgIpc) is 3.23. The largest absolute Gasteiger partial charge is 0.495 e. The molecule has 0 aliphatic heterocycles. The van der Waals surface area contributed by atoms with E-state index < -0.39 is 0 Å². The third-order valence-corrected chi connectivity index (χ3v) is 6.57. The lowest BCUT2D eigenvalue weighted by atomic mass is 10.1. The molecular formula is C26H25ClN4O2S. The zero-order valence-corrected chi connectivity index (χ0v) is 21.0. The summed E-state index contributed by atoms with van der Waals surface area (Å²) in [6.45, 7) is 6.04. The molecule has 8 heteroatoms.